The van der Waals surface area contributed by atoms with Gasteiger partial charge in [-0.3, -0.25) is 0 Å². The van der Waals surface area contributed by atoms with Crippen LogP contribution in [0.2, 0.25) is 0 Å². The lowest BCUT2D eigenvalue weighted by Crippen LogP contribution is -1.82. The molecule has 0 heterocycles. The molecule has 2 rings (SSSR count). The van der Waals surface area contributed by atoms with E-state index in [2.05, 4.69) is 75.9 Å². The highest BCUT2D eigenvalue weighted by Gasteiger charge is 2.08. The van der Waals surface area contributed by atoms with Gasteiger partial charge in [0.05, 0.1) is 0 Å². The van der Waals surface area contributed by atoms with Crippen LogP contribution in [0, 0.1) is 0 Å². The molecule has 0 saturated carbocycles. The van der Waals surface area contributed by atoms with E-state index in [1.165, 1.54) is 0 Å². The van der Waals surface area contributed by atoms with Gasteiger partial charge in [-0.2, -0.15) is 0 Å². The second kappa shape index (κ2) is 5.34. The number of rotatable bonds is 1. The summed E-state index contributed by atoms with van der Waals surface area (Å²) in [6.45, 7) is 0. The average Bonchev–Trinajstić information content (AvgIpc) is 2.23. The second-order valence-electron chi connectivity index (χ2n) is 3.23. The molecule has 0 amide bonds. The third-order valence-electron chi connectivity index (χ3n) is 2.17. The molecule has 0 aliphatic rings. The van der Waals surface area contributed by atoms with Crippen molar-refractivity contribution in [3.05, 3.63) is 54.3 Å². The van der Waals surface area contributed by atoms with Crippen LogP contribution >= 0.6 is 63.7 Å². The first-order valence-corrected chi connectivity index (χ1v) is 7.66. The topological polar surface area (TPSA) is 0 Å². The monoisotopic (exact) mass is 466 g/mol. The van der Waals surface area contributed by atoms with Crippen LogP contribution in [0.1, 0.15) is 0 Å². The van der Waals surface area contributed by atoms with Crippen molar-refractivity contribution >= 4 is 63.7 Å². The van der Waals surface area contributed by atoms with E-state index in [-0.39, 0.29) is 0 Å². The highest BCUT2D eigenvalue weighted by molar-refractivity contribution is 9.13. The molecule has 16 heavy (non-hydrogen) atoms. The van der Waals surface area contributed by atoms with Gasteiger partial charge in [-0.15, -0.1) is 0 Å². The Morgan fingerprint density at radius 1 is 0.625 bits per heavy atom. The SMILES string of the molecule is Brc1ccc(-c2c(Br)cccc2Br)cc1Br. The summed E-state index contributed by atoms with van der Waals surface area (Å²) in [7, 11) is 0. The third kappa shape index (κ3) is 2.61. The summed E-state index contributed by atoms with van der Waals surface area (Å²) in [4.78, 5) is 0. The van der Waals surface area contributed by atoms with Crippen molar-refractivity contribution in [3.63, 3.8) is 0 Å². The van der Waals surface area contributed by atoms with E-state index < -0.39 is 0 Å². The molecule has 82 valence electrons. The predicted octanol–water partition coefficient (Wildman–Crippen LogP) is 6.40. The maximum atomic E-state index is 3.57. The fourth-order valence-electron chi connectivity index (χ4n) is 1.43. The summed E-state index contributed by atoms with van der Waals surface area (Å²) in [6.07, 6.45) is 0. The minimum atomic E-state index is 1.05. The van der Waals surface area contributed by atoms with Crippen molar-refractivity contribution in [3.8, 4) is 11.1 Å². The molecule has 0 fully saturated rings. The first kappa shape index (κ1) is 12.8. The van der Waals surface area contributed by atoms with Crippen LogP contribution in [0.5, 0.6) is 0 Å². The minimum Gasteiger partial charge on any atom is -0.0600 e. The predicted molar refractivity (Wildman–Crippen MR) is 82.7 cm³/mol. The first-order valence-electron chi connectivity index (χ1n) is 4.49. The lowest BCUT2D eigenvalue weighted by Gasteiger charge is -2.08. The van der Waals surface area contributed by atoms with Crippen LogP contribution in [0.4, 0.5) is 0 Å². The molecule has 0 atom stereocenters. The number of hydrogen-bond acceptors (Lipinski definition) is 0. The molecule has 0 unspecified atom stereocenters. The molecule has 2 aromatic rings. The highest BCUT2D eigenvalue weighted by atomic mass is 79.9. The molecule has 0 nitrogen and oxygen atoms in total. The molecule has 0 spiro atoms. The molecule has 0 N–H and O–H groups in total. The highest BCUT2D eigenvalue weighted by Crippen LogP contribution is 2.37. The number of benzene rings is 2. The Balaban J connectivity index is 2.63. The fraction of sp³-hybridized carbons (Fsp3) is 0. The smallest absolute Gasteiger partial charge is 0.0323 e. The summed E-state index contributed by atoms with van der Waals surface area (Å²) in [5, 5.41) is 0. The molecule has 4 heteroatoms. The Hall–Kier alpha value is 0.360. The van der Waals surface area contributed by atoms with Crippen molar-refractivity contribution in [2.24, 2.45) is 0 Å². The van der Waals surface area contributed by atoms with E-state index in [9.17, 15) is 0 Å². The molecular formula is C12H6Br4. The lowest BCUT2D eigenvalue weighted by molar-refractivity contribution is 1.52. The molecular weight excluding hydrogens is 464 g/mol. The number of hydrogen-bond donors (Lipinski definition) is 0. The second-order valence-corrected chi connectivity index (χ2v) is 6.64. The van der Waals surface area contributed by atoms with Crippen molar-refractivity contribution in [1.82, 2.24) is 0 Å². The first-order chi connectivity index (χ1) is 7.59. The average molecular weight is 470 g/mol. The van der Waals surface area contributed by atoms with Crippen LogP contribution in [0.15, 0.2) is 54.3 Å². The molecule has 0 saturated heterocycles. The van der Waals surface area contributed by atoms with Crippen LogP contribution in [0.25, 0.3) is 11.1 Å². The summed E-state index contributed by atoms with van der Waals surface area (Å²) < 4.78 is 4.26. The maximum absolute atomic E-state index is 3.57. The van der Waals surface area contributed by atoms with Crippen LogP contribution in [-0.4, -0.2) is 0 Å². The third-order valence-corrected chi connectivity index (χ3v) is 5.37. The van der Waals surface area contributed by atoms with Gasteiger partial charge in [0.25, 0.3) is 0 Å². The van der Waals surface area contributed by atoms with E-state index >= 15 is 0 Å². The quantitative estimate of drug-likeness (QED) is 0.453. The summed E-state index contributed by atoms with van der Waals surface area (Å²) in [5.41, 5.74) is 2.32. The normalized spacial score (nSPS) is 10.5. The Kier molecular flexibility index (Phi) is 4.27. The van der Waals surface area contributed by atoms with E-state index in [1.54, 1.807) is 0 Å². The van der Waals surface area contributed by atoms with Crippen molar-refractivity contribution in [2.75, 3.05) is 0 Å². The van der Waals surface area contributed by atoms with Gasteiger partial charge in [-0.05, 0) is 61.7 Å². The van der Waals surface area contributed by atoms with Gasteiger partial charge in [-0.1, -0.05) is 44.0 Å². The zero-order chi connectivity index (χ0) is 11.7. The Labute approximate surface area is 128 Å². The molecule has 0 aromatic heterocycles. The van der Waals surface area contributed by atoms with Gasteiger partial charge >= 0.3 is 0 Å². The van der Waals surface area contributed by atoms with Gasteiger partial charge in [0.15, 0.2) is 0 Å². The van der Waals surface area contributed by atoms with Crippen LogP contribution in [0.3, 0.4) is 0 Å². The van der Waals surface area contributed by atoms with E-state index in [4.69, 9.17) is 0 Å². The number of halogens is 4. The molecule has 2 aromatic carbocycles. The fourth-order valence-corrected chi connectivity index (χ4v) is 3.51. The summed E-state index contributed by atoms with van der Waals surface area (Å²) in [5.74, 6) is 0. The minimum absolute atomic E-state index is 1.05. The zero-order valence-electron chi connectivity index (χ0n) is 7.98. The van der Waals surface area contributed by atoms with Gasteiger partial charge < -0.3 is 0 Å². The molecule has 0 bridgehead atoms. The molecule has 0 aliphatic heterocycles. The van der Waals surface area contributed by atoms with Gasteiger partial charge in [0.2, 0.25) is 0 Å². The zero-order valence-corrected chi connectivity index (χ0v) is 14.3. The van der Waals surface area contributed by atoms with Crippen molar-refractivity contribution in [2.45, 2.75) is 0 Å². The molecule has 0 radical (unpaired) electrons. The largest absolute Gasteiger partial charge is 0.0600 e. The van der Waals surface area contributed by atoms with Gasteiger partial charge in [-0.25, -0.2) is 0 Å². The summed E-state index contributed by atoms with van der Waals surface area (Å²) in [6, 6.07) is 12.3. The van der Waals surface area contributed by atoms with E-state index in [1.807, 2.05) is 24.3 Å². The van der Waals surface area contributed by atoms with Gasteiger partial charge in [0.1, 0.15) is 0 Å². The van der Waals surface area contributed by atoms with Crippen LogP contribution in [-0.2, 0) is 0 Å². The lowest BCUT2D eigenvalue weighted by atomic mass is 10.1. The summed E-state index contributed by atoms with van der Waals surface area (Å²) >= 11 is 14.1. The Bertz CT molecular complexity index is 514. The van der Waals surface area contributed by atoms with E-state index in [0.29, 0.717) is 0 Å². The Morgan fingerprint density at radius 2 is 1.25 bits per heavy atom. The van der Waals surface area contributed by atoms with Gasteiger partial charge in [0, 0.05) is 23.5 Å². The van der Waals surface area contributed by atoms with E-state index in [0.717, 1.165) is 29.0 Å². The van der Waals surface area contributed by atoms with Crippen molar-refractivity contribution in [1.29, 1.82) is 0 Å². The maximum Gasteiger partial charge on any atom is 0.0323 e. The standard InChI is InChI=1S/C12H6Br4/c13-8-5-4-7(6-11(8)16)12-9(14)2-1-3-10(12)15/h1-6H. The van der Waals surface area contributed by atoms with Crippen LogP contribution < -0.4 is 0 Å². The molecule has 0 aliphatic carbocycles. The van der Waals surface area contributed by atoms with Crippen molar-refractivity contribution < 1.29 is 0 Å². The Morgan fingerprint density at radius 3 is 1.81 bits per heavy atom.